The smallest absolute Gasteiger partial charge is 0.146 e. The zero-order chi connectivity index (χ0) is 13.1. The van der Waals surface area contributed by atoms with Gasteiger partial charge in [-0.15, -0.1) is 0 Å². The molecule has 1 N–H and O–H groups in total. The fourth-order valence-electron chi connectivity index (χ4n) is 2.30. The van der Waals surface area contributed by atoms with Gasteiger partial charge in [0.15, 0.2) is 0 Å². The van der Waals surface area contributed by atoms with Crippen LogP contribution in [-0.2, 0) is 16.1 Å². The summed E-state index contributed by atoms with van der Waals surface area (Å²) >= 11 is 0. The summed E-state index contributed by atoms with van der Waals surface area (Å²) in [4.78, 5) is 1.90. The Labute approximate surface area is 106 Å². The minimum atomic E-state index is -0.326. The Morgan fingerprint density at radius 1 is 1.28 bits per heavy atom. The Hall–Kier alpha value is -1.17. The summed E-state index contributed by atoms with van der Waals surface area (Å²) in [5.74, 6) is -0.326. The summed E-state index contributed by atoms with van der Waals surface area (Å²) in [7, 11) is 3.26. The van der Waals surface area contributed by atoms with Crippen LogP contribution in [0.3, 0.4) is 0 Å². The molecular weight excluding hydrogens is 237 g/mol. The lowest BCUT2D eigenvalue weighted by Crippen LogP contribution is -2.27. The van der Waals surface area contributed by atoms with Crippen molar-refractivity contribution in [3.63, 3.8) is 0 Å². The van der Waals surface area contributed by atoms with E-state index in [-0.39, 0.29) is 24.6 Å². The van der Waals surface area contributed by atoms with Crippen LogP contribution >= 0.6 is 0 Å². The first-order chi connectivity index (χ1) is 8.69. The summed E-state index contributed by atoms with van der Waals surface area (Å²) in [5, 5.41) is 8.96. The number of hydrogen-bond donors (Lipinski definition) is 1. The van der Waals surface area contributed by atoms with Crippen LogP contribution in [-0.4, -0.2) is 44.6 Å². The van der Waals surface area contributed by atoms with Gasteiger partial charge in [-0.3, -0.25) is 0 Å². The zero-order valence-electron chi connectivity index (χ0n) is 10.6. The van der Waals surface area contributed by atoms with Gasteiger partial charge in [-0.1, -0.05) is 6.07 Å². The van der Waals surface area contributed by atoms with Crippen LogP contribution in [0.5, 0.6) is 0 Å². The highest BCUT2D eigenvalue weighted by molar-refractivity contribution is 5.50. The van der Waals surface area contributed by atoms with Crippen LogP contribution in [0.25, 0.3) is 0 Å². The van der Waals surface area contributed by atoms with Crippen molar-refractivity contribution in [3.05, 3.63) is 29.6 Å². The van der Waals surface area contributed by atoms with Crippen molar-refractivity contribution in [2.75, 3.05) is 32.2 Å². The molecule has 0 aliphatic carbocycles. The Morgan fingerprint density at radius 2 is 1.89 bits per heavy atom. The van der Waals surface area contributed by atoms with E-state index in [0.29, 0.717) is 24.3 Å². The number of anilines is 1. The maximum absolute atomic E-state index is 13.9. The molecule has 2 atom stereocenters. The first-order valence-corrected chi connectivity index (χ1v) is 5.89. The molecule has 0 saturated carbocycles. The molecule has 4 nitrogen and oxygen atoms in total. The molecule has 1 aromatic rings. The van der Waals surface area contributed by atoms with Crippen molar-refractivity contribution in [3.8, 4) is 0 Å². The maximum atomic E-state index is 13.9. The first kappa shape index (κ1) is 13.3. The van der Waals surface area contributed by atoms with Crippen LogP contribution in [0.1, 0.15) is 5.56 Å². The number of halogens is 1. The molecule has 18 heavy (non-hydrogen) atoms. The van der Waals surface area contributed by atoms with Gasteiger partial charge in [0.05, 0.1) is 12.3 Å². The summed E-state index contributed by atoms with van der Waals surface area (Å²) in [6, 6.07) is 4.77. The molecule has 2 unspecified atom stereocenters. The Bertz CT molecular complexity index is 401. The largest absolute Gasteiger partial charge is 0.392 e. The van der Waals surface area contributed by atoms with Crippen LogP contribution in [0.2, 0.25) is 0 Å². The van der Waals surface area contributed by atoms with Crippen molar-refractivity contribution in [1.82, 2.24) is 0 Å². The van der Waals surface area contributed by atoms with E-state index in [0.717, 1.165) is 0 Å². The monoisotopic (exact) mass is 255 g/mol. The number of aliphatic hydroxyl groups excluding tert-OH is 1. The van der Waals surface area contributed by atoms with Crippen LogP contribution in [0.15, 0.2) is 18.2 Å². The van der Waals surface area contributed by atoms with Gasteiger partial charge >= 0.3 is 0 Å². The Morgan fingerprint density at radius 3 is 2.33 bits per heavy atom. The molecule has 2 rings (SSSR count). The second kappa shape index (κ2) is 5.65. The molecule has 1 aromatic carbocycles. The predicted octanol–water partition coefficient (Wildman–Crippen LogP) is 1.17. The number of rotatable bonds is 4. The van der Waals surface area contributed by atoms with Crippen molar-refractivity contribution < 1.29 is 19.0 Å². The van der Waals surface area contributed by atoms with Crippen molar-refractivity contribution >= 4 is 5.69 Å². The topological polar surface area (TPSA) is 41.9 Å². The standard InChI is InChI=1S/C13H18FNO3/c1-17-12-6-15(7-13(12)18-2)11-4-3-9(8-16)5-10(11)14/h3-5,12-13,16H,6-8H2,1-2H3. The van der Waals surface area contributed by atoms with Gasteiger partial charge in [0.25, 0.3) is 0 Å². The number of ether oxygens (including phenoxy) is 2. The highest BCUT2D eigenvalue weighted by Gasteiger charge is 2.34. The normalized spacial score (nSPS) is 23.7. The molecule has 0 bridgehead atoms. The number of methoxy groups -OCH3 is 2. The third-order valence-electron chi connectivity index (χ3n) is 3.36. The van der Waals surface area contributed by atoms with Gasteiger partial charge in [0, 0.05) is 27.3 Å². The van der Waals surface area contributed by atoms with Crippen molar-refractivity contribution in [1.29, 1.82) is 0 Å². The van der Waals surface area contributed by atoms with Gasteiger partial charge in [-0.05, 0) is 17.7 Å². The molecule has 1 heterocycles. The van der Waals surface area contributed by atoms with Crippen LogP contribution in [0, 0.1) is 5.82 Å². The van der Waals surface area contributed by atoms with Crippen LogP contribution in [0.4, 0.5) is 10.1 Å². The fourth-order valence-corrected chi connectivity index (χ4v) is 2.30. The van der Waals surface area contributed by atoms with Crippen LogP contribution < -0.4 is 4.90 Å². The Balaban J connectivity index is 2.18. The van der Waals surface area contributed by atoms with Crippen molar-refractivity contribution in [2.24, 2.45) is 0 Å². The molecule has 1 saturated heterocycles. The van der Waals surface area contributed by atoms with E-state index in [9.17, 15) is 4.39 Å². The lowest BCUT2D eigenvalue weighted by molar-refractivity contribution is -0.00461. The molecule has 0 amide bonds. The lowest BCUT2D eigenvalue weighted by atomic mass is 10.2. The van der Waals surface area contributed by atoms with Gasteiger partial charge in [0.2, 0.25) is 0 Å². The summed E-state index contributed by atoms with van der Waals surface area (Å²) in [6.07, 6.45) is -0.0983. The molecular formula is C13H18FNO3. The molecule has 1 aliphatic heterocycles. The van der Waals surface area contributed by atoms with E-state index in [1.165, 1.54) is 6.07 Å². The first-order valence-electron chi connectivity index (χ1n) is 5.89. The third kappa shape index (κ3) is 2.48. The SMILES string of the molecule is COC1CN(c2ccc(CO)cc2F)CC1OC. The predicted molar refractivity (Wildman–Crippen MR) is 66.1 cm³/mol. The van der Waals surface area contributed by atoms with E-state index >= 15 is 0 Å². The summed E-state index contributed by atoms with van der Waals surface area (Å²) in [5.41, 5.74) is 1.09. The van der Waals surface area contributed by atoms with E-state index in [2.05, 4.69) is 0 Å². The zero-order valence-corrected chi connectivity index (χ0v) is 10.6. The minimum absolute atomic E-state index is 0.0491. The summed E-state index contributed by atoms with van der Waals surface area (Å²) in [6.45, 7) is 1.05. The quantitative estimate of drug-likeness (QED) is 0.877. The Kier molecular flexibility index (Phi) is 4.16. The number of benzene rings is 1. The lowest BCUT2D eigenvalue weighted by Gasteiger charge is -2.19. The molecule has 0 aromatic heterocycles. The molecule has 1 aliphatic rings. The highest BCUT2D eigenvalue weighted by atomic mass is 19.1. The van der Waals surface area contributed by atoms with E-state index in [1.54, 1.807) is 26.4 Å². The van der Waals surface area contributed by atoms with Gasteiger partial charge in [-0.25, -0.2) is 4.39 Å². The van der Waals surface area contributed by atoms with Gasteiger partial charge in [0.1, 0.15) is 18.0 Å². The molecule has 5 heteroatoms. The van der Waals surface area contributed by atoms with E-state index in [1.807, 2.05) is 4.90 Å². The maximum Gasteiger partial charge on any atom is 0.146 e. The molecule has 0 spiro atoms. The highest BCUT2D eigenvalue weighted by Crippen LogP contribution is 2.26. The number of hydrogen-bond acceptors (Lipinski definition) is 4. The average molecular weight is 255 g/mol. The number of aliphatic hydroxyl groups is 1. The molecule has 0 radical (unpaired) electrons. The molecule has 100 valence electrons. The average Bonchev–Trinajstić information content (AvgIpc) is 2.81. The van der Waals surface area contributed by atoms with E-state index in [4.69, 9.17) is 14.6 Å². The molecule has 1 fully saturated rings. The fraction of sp³-hybridized carbons (Fsp3) is 0.538. The minimum Gasteiger partial charge on any atom is -0.392 e. The second-order valence-electron chi connectivity index (χ2n) is 4.40. The van der Waals surface area contributed by atoms with Crippen molar-refractivity contribution in [2.45, 2.75) is 18.8 Å². The third-order valence-corrected chi connectivity index (χ3v) is 3.36. The van der Waals surface area contributed by atoms with Gasteiger partial charge in [-0.2, -0.15) is 0 Å². The van der Waals surface area contributed by atoms with Gasteiger partial charge < -0.3 is 19.5 Å². The summed E-state index contributed by atoms with van der Waals surface area (Å²) < 4.78 is 24.6. The second-order valence-corrected chi connectivity index (χ2v) is 4.40. The number of nitrogens with zero attached hydrogens (tertiary/aromatic N) is 1. The van der Waals surface area contributed by atoms with E-state index < -0.39 is 0 Å².